The molecule has 0 atom stereocenters. The lowest BCUT2D eigenvalue weighted by Gasteiger charge is -2.01. The molecule has 0 amide bonds. The molecule has 2 rings (SSSR count). The van der Waals surface area contributed by atoms with E-state index in [1.807, 2.05) is 36.2 Å². The molecule has 0 aliphatic heterocycles. The minimum atomic E-state index is 0.871. The Morgan fingerprint density at radius 2 is 2.13 bits per heavy atom. The summed E-state index contributed by atoms with van der Waals surface area (Å²) in [6, 6.07) is 7.90. The van der Waals surface area contributed by atoms with Crippen molar-refractivity contribution in [3.8, 4) is 5.75 Å². The Labute approximate surface area is 92.9 Å². The van der Waals surface area contributed by atoms with Crippen molar-refractivity contribution in [3.05, 3.63) is 48.0 Å². The van der Waals surface area contributed by atoms with Crippen LogP contribution in [-0.2, 0) is 0 Å². The predicted octanol–water partition coefficient (Wildman–Crippen LogP) is 2.72. The summed E-state index contributed by atoms with van der Waals surface area (Å²) in [6.45, 7) is 0. The first-order chi connectivity index (χ1) is 7.38. The zero-order valence-corrected chi connectivity index (χ0v) is 9.12. The number of aromatic amines is 1. The molecule has 3 nitrogen and oxygen atoms in total. The molecule has 0 aliphatic carbocycles. The molecule has 4 heteroatoms. The van der Waals surface area contributed by atoms with Gasteiger partial charge in [-0.25, -0.2) is 4.98 Å². The highest BCUT2D eigenvalue weighted by atomic mass is 32.2. The Hall–Kier alpha value is -1.42. The molecule has 1 aromatic heterocycles. The third-order valence-corrected chi connectivity index (χ3v) is 2.73. The van der Waals surface area contributed by atoms with E-state index >= 15 is 0 Å². The Morgan fingerprint density at radius 3 is 2.73 bits per heavy atom. The van der Waals surface area contributed by atoms with Crippen molar-refractivity contribution in [1.29, 1.82) is 0 Å². The van der Waals surface area contributed by atoms with Crippen molar-refractivity contribution < 1.29 is 4.74 Å². The summed E-state index contributed by atoms with van der Waals surface area (Å²) in [6.07, 6.45) is 3.55. The first-order valence-corrected chi connectivity index (χ1v) is 5.40. The minimum absolute atomic E-state index is 0.871. The van der Waals surface area contributed by atoms with Crippen LogP contribution in [0.15, 0.2) is 41.8 Å². The number of aromatic nitrogens is 2. The fourth-order valence-electron chi connectivity index (χ4n) is 1.12. The Kier molecular flexibility index (Phi) is 3.29. The SMILES string of the molecule is COc1ccc([CH]Sc2ncc[nH]2)cc1. The van der Waals surface area contributed by atoms with Crippen LogP contribution in [0.2, 0.25) is 0 Å². The van der Waals surface area contributed by atoms with Gasteiger partial charge in [0, 0.05) is 12.4 Å². The first kappa shape index (κ1) is 10.1. The summed E-state index contributed by atoms with van der Waals surface area (Å²) in [5, 5.41) is 0.894. The highest BCUT2D eigenvalue weighted by molar-refractivity contribution is 8.01. The number of thioether (sulfide) groups is 1. The molecule has 0 aliphatic rings. The van der Waals surface area contributed by atoms with Gasteiger partial charge in [-0.2, -0.15) is 0 Å². The maximum atomic E-state index is 5.08. The van der Waals surface area contributed by atoms with Crippen LogP contribution in [0.4, 0.5) is 0 Å². The van der Waals surface area contributed by atoms with E-state index in [1.165, 1.54) is 0 Å². The molecule has 1 aromatic carbocycles. The second-order valence-electron chi connectivity index (χ2n) is 2.90. The van der Waals surface area contributed by atoms with Crippen molar-refractivity contribution in [1.82, 2.24) is 9.97 Å². The van der Waals surface area contributed by atoms with Crippen molar-refractivity contribution >= 4 is 11.8 Å². The van der Waals surface area contributed by atoms with Gasteiger partial charge < -0.3 is 9.72 Å². The molecular formula is C11H11N2OS. The lowest BCUT2D eigenvalue weighted by atomic mass is 10.2. The Morgan fingerprint density at radius 1 is 1.33 bits per heavy atom. The van der Waals surface area contributed by atoms with Gasteiger partial charge in [0.2, 0.25) is 0 Å². The van der Waals surface area contributed by atoms with E-state index in [9.17, 15) is 0 Å². The fraction of sp³-hybridized carbons (Fsp3) is 0.0909. The van der Waals surface area contributed by atoms with Crippen molar-refractivity contribution in [2.45, 2.75) is 5.16 Å². The van der Waals surface area contributed by atoms with Gasteiger partial charge in [0.15, 0.2) is 5.16 Å². The van der Waals surface area contributed by atoms with Crippen LogP contribution >= 0.6 is 11.8 Å². The first-order valence-electron chi connectivity index (χ1n) is 4.52. The summed E-state index contributed by atoms with van der Waals surface area (Å²) >= 11 is 1.56. The summed E-state index contributed by atoms with van der Waals surface area (Å²) in [5.74, 6) is 2.91. The Balaban J connectivity index is 1.93. The topological polar surface area (TPSA) is 37.9 Å². The number of H-pyrrole nitrogens is 1. The van der Waals surface area contributed by atoms with Crippen LogP contribution in [0.25, 0.3) is 0 Å². The number of nitrogens with one attached hydrogen (secondary N) is 1. The molecule has 0 saturated heterocycles. The van der Waals surface area contributed by atoms with Gasteiger partial charge in [-0.15, -0.1) is 0 Å². The second kappa shape index (κ2) is 4.89. The maximum absolute atomic E-state index is 5.08. The van der Waals surface area contributed by atoms with E-state index in [1.54, 1.807) is 25.1 Å². The zero-order valence-electron chi connectivity index (χ0n) is 8.31. The summed E-state index contributed by atoms with van der Waals surface area (Å²) in [7, 11) is 1.66. The van der Waals surface area contributed by atoms with Gasteiger partial charge in [0.1, 0.15) is 5.75 Å². The van der Waals surface area contributed by atoms with Crippen molar-refractivity contribution in [3.63, 3.8) is 0 Å². The van der Waals surface area contributed by atoms with E-state index in [0.29, 0.717) is 0 Å². The van der Waals surface area contributed by atoms with Gasteiger partial charge in [-0.05, 0) is 17.7 Å². The molecular weight excluding hydrogens is 208 g/mol. The number of ether oxygens (including phenoxy) is 1. The third-order valence-electron chi connectivity index (χ3n) is 1.90. The van der Waals surface area contributed by atoms with E-state index in [2.05, 4.69) is 9.97 Å². The quantitative estimate of drug-likeness (QED) is 0.803. The molecule has 1 N–H and O–H groups in total. The number of nitrogens with zero attached hydrogens (tertiary/aromatic N) is 1. The average molecular weight is 219 g/mol. The van der Waals surface area contributed by atoms with Crippen LogP contribution in [0.5, 0.6) is 5.75 Å². The predicted molar refractivity (Wildman–Crippen MR) is 60.8 cm³/mol. The highest BCUT2D eigenvalue weighted by Gasteiger charge is 1.98. The second-order valence-corrected chi connectivity index (χ2v) is 3.76. The van der Waals surface area contributed by atoms with E-state index in [0.717, 1.165) is 16.5 Å². The normalized spacial score (nSPS) is 10.2. The van der Waals surface area contributed by atoms with Crippen LogP contribution in [0.3, 0.4) is 0 Å². The summed E-state index contributed by atoms with van der Waals surface area (Å²) in [5.41, 5.74) is 1.14. The number of methoxy groups -OCH3 is 1. The van der Waals surface area contributed by atoms with Crippen molar-refractivity contribution in [2.24, 2.45) is 0 Å². The standard InChI is InChI=1S/C11H11N2OS/c1-14-10-4-2-9(3-5-10)8-15-11-12-6-7-13-11/h2-8H,1H3,(H,12,13). The summed E-state index contributed by atoms with van der Waals surface area (Å²) in [4.78, 5) is 7.14. The number of hydrogen-bond donors (Lipinski definition) is 1. The largest absolute Gasteiger partial charge is 0.497 e. The lowest BCUT2D eigenvalue weighted by molar-refractivity contribution is 0.415. The van der Waals surface area contributed by atoms with Gasteiger partial charge in [-0.1, -0.05) is 23.9 Å². The summed E-state index contributed by atoms with van der Waals surface area (Å²) < 4.78 is 5.08. The van der Waals surface area contributed by atoms with Crippen LogP contribution in [0.1, 0.15) is 5.56 Å². The average Bonchev–Trinajstić information content (AvgIpc) is 2.80. The third kappa shape index (κ3) is 2.76. The Bertz CT molecular complexity index is 397. The number of benzene rings is 1. The van der Waals surface area contributed by atoms with Gasteiger partial charge in [0.05, 0.1) is 12.9 Å². The van der Waals surface area contributed by atoms with Gasteiger partial charge >= 0.3 is 0 Å². The van der Waals surface area contributed by atoms with Gasteiger partial charge in [0.25, 0.3) is 0 Å². The molecule has 0 spiro atoms. The molecule has 77 valence electrons. The monoisotopic (exact) mass is 219 g/mol. The van der Waals surface area contributed by atoms with E-state index in [4.69, 9.17) is 4.74 Å². The maximum Gasteiger partial charge on any atom is 0.165 e. The molecule has 15 heavy (non-hydrogen) atoms. The molecule has 0 unspecified atom stereocenters. The van der Waals surface area contributed by atoms with Crippen LogP contribution in [0, 0.1) is 5.75 Å². The van der Waals surface area contributed by atoms with E-state index < -0.39 is 0 Å². The number of hydrogen-bond acceptors (Lipinski definition) is 3. The zero-order chi connectivity index (χ0) is 10.5. The smallest absolute Gasteiger partial charge is 0.165 e. The lowest BCUT2D eigenvalue weighted by Crippen LogP contribution is -1.83. The molecule has 0 fully saturated rings. The molecule has 1 radical (unpaired) electrons. The molecule has 2 aromatic rings. The number of imidazole rings is 1. The highest BCUT2D eigenvalue weighted by Crippen LogP contribution is 2.22. The van der Waals surface area contributed by atoms with Gasteiger partial charge in [-0.3, -0.25) is 0 Å². The molecule has 1 heterocycles. The molecule has 0 bridgehead atoms. The molecule has 0 saturated carbocycles. The minimum Gasteiger partial charge on any atom is -0.497 e. The van der Waals surface area contributed by atoms with E-state index in [-0.39, 0.29) is 0 Å². The fourth-order valence-corrected chi connectivity index (χ4v) is 1.78. The van der Waals surface area contributed by atoms with Crippen LogP contribution in [-0.4, -0.2) is 17.1 Å². The van der Waals surface area contributed by atoms with Crippen LogP contribution < -0.4 is 4.74 Å². The van der Waals surface area contributed by atoms with Crippen molar-refractivity contribution in [2.75, 3.05) is 7.11 Å². The number of rotatable bonds is 4.